The lowest BCUT2D eigenvalue weighted by molar-refractivity contribution is -0.119. The van der Waals surface area contributed by atoms with Gasteiger partial charge < -0.3 is 25.8 Å². The molecule has 1 aromatic rings. The Labute approximate surface area is 140 Å². The van der Waals surface area contributed by atoms with Gasteiger partial charge in [0.05, 0.1) is 5.60 Å². The quantitative estimate of drug-likeness (QED) is 0.704. The number of nitrogens with one attached hydrogen (secondary N) is 1. The zero-order valence-electron chi connectivity index (χ0n) is 13.5. The van der Waals surface area contributed by atoms with E-state index in [4.69, 9.17) is 10.5 Å². The van der Waals surface area contributed by atoms with Crippen LogP contribution in [0.4, 0.5) is 0 Å². The predicted octanol–water partition coefficient (Wildman–Crippen LogP) is -0.263. The smallest absolute Gasteiger partial charge is 0.255 e. The number of hydrogen-bond donors (Lipinski definition) is 3. The number of hydrogen-bond acceptors (Lipinski definition) is 5. The number of likely N-dealkylation sites (tertiary alicyclic amines) is 1. The number of amides is 2. The monoisotopic (exact) mass is 333 g/mol. The highest BCUT2D eigenvalue weighted by molar-refractivity contribution is 5.94. The summed E-state index contributed by atoms with van der Waals surface area (Å²) in [6.45, 7) is 2.40. The molecule has 3 rings (SSSR count). The van der Waals surface area contributed by atoms with Crippen LogP contribution in [0.15, 0.2) is 24.3 Å². The molecule has 2 aliphatic rings. The van der Waals surface area contributed by atoms with E-state index in [0.717, 1.165) is 19.5 Å². The lowest BCUT2D eigenvalue weighted by atomic mass is 9.76. The summed E-state index contributed by atoms with van der Waals surface area (Å²) in [5.41, 5.74) is 4.91. The van der Waals surface area contributed by atoms with Crippen molar-refractivity contribution in [2.75, 3.05) is 32.8 Å². The fourth-order valence-corrected chi connectivity index (χ4v) is 3.47. The Balaban J connectivity index is 1.68. The second kappa shape index (κ2) is 6.78. The molecule has 0 aromatic heterocycles. The highest BCUT2D eigenvalue weighted by atomic mass is 16.5. The molecule has 2 heterocycles. The average molecular weight is 333 g/mol. The van der Waals surface area contributed by atoms with Gasteiger partial charge in [0.2, 0.25) is 0 Å². The van der Waals surface area contributed by atoms with E-state index in [9.17, 15) is 14.7 Å². The number of aliphatic hydroxyl groups is 1. The number of carbonyl (C=O) groups excluding carboxylic acids is 2. The maximum absolute atomic E-state index is 12.7. The van der Waals surface area contributed by atoms with Gasteiger partial charge in [0, 0.05) is 31.1 Å². The maximum atomic E-state index is 12.7. The molecule has 130 valence electrons. The number of primary amides is 1. The second-order valence-corrected chi connectivity index (χ2v) is 6.54. The van der Waals surface area contributed by atoms with Gasteiger partial charge in [-0.15, -0.1) is 0 Å². The first-order valence-electron chi connectivity index (χ1n) is 8.21. The number of piperidine rings is 2. The molecule has 4 N–H and O–H groups in total. The number of ether oxygens (including phenoxy) is 1. The van der Waals surface area contributed by atoms with Crippen molar-refractivity contribution < 1.29 is 19.4 Å². The number of rotatable bonds is 4. The minimum atomic E-state index is -0.658. The van der Waals surface area contributed by atoms with Gasteiger partial charge in [-0.05, 0) is 37.6 Å². The SMILES string of the molecule is NC(=O)COc1cccc(C(=O)N2CC[C@@]3(O)CCNC[C@H]3C2)c1. The fourth-order valence-electron chi connectivity index (χ4n) is 3.47. The summed E-state index contributed by atoms with van der Waals surface area (Å²) >= 11 is 0. The molecule has 1 aromatic carbocycles. The minimum Gasteiger partial charge on any atom is -0.484 e. The van der Waals surface area contributed by atoms with Gasteiger partial charge in [0.25, 0.3) is 11.8 Å². The van der Waals surface area contributed by atoms with E-state index in [0.29, 0.717) is 30.8 Å². The first-order valence-corrected chi connectivity index (χ1v) is 8.21. The highest BCUT2D eigenvalue weighted by Crippen LogP contribution is 2.33. The molecular formula is C17H23N3O4. The van der Waals surface area contributed by atoms with Crippen LogP contribution in [-0.2, 0) is 4.79 Å². The number of nitrogens with zero attached hydrogens (tertiary/aromatic N) is 1. The first-order chi connectivity index (χ1) is 11.5. The van der Waals surface area contributed by atoms with Crippen LogP contribution in [0.3, 0.4) is 0 Å². The molecule has 24 heavy (non-hydrogen) atoms. The molecule has 0 aliphatic carbocycles. The lowest BCUT2D eigenvalue weighted by Crippen LogP contribution is -2.59. The Morgan fingerprint density at radius 1 is 1.42 bits per heavy atom. The van der Waals surface area contributed by atoms with Crippen molar-refractivity contribution in [3.05, 3.63) is 29.8 Å². The van der Waals surface area contributed by atoms with Crippen molar-refractivity contribution in [3.8, 4) is 5.75 Å². The summed E-state index contributed by atoms with van der Waals surface area (Å²) in [5.74, 6) is -0.162. The van der Waals surface area contributed by atoms with E-state index in [1.54, 1.807) is 29.2 Å². The zero-order valence-corrected chi connectivity index (χ0v) is 13.5. The number of fused-ring (bicyclic) bond motifs is 1. The molecule has 0 unspecified atom stereocenters. The van der Waals surface area contributed by atoms with Crippen LogP contribution >= 0.6 is 0 Å². The Kier molecular flexibility index (Phi) is 4.73. The van der Waals surface area contributed by atoms with Crippen molar-refractivity contribution in [2.24, 2.45) is 11.7 Å². The summed E-state index contributed by atoms with van der Waals surface area (Å²) in [7, 11) is 0. The number of carbonyl (C=O) groups is 2. The number of nitrogens with two attached hydrogens (primary N) is 1. The molecule has 7 nitrogen and oxygen atoms in total. The van der Waals surface area contributed by atoms with E-state index >= 15 is 0 Å². The molecular weight excluding hydrogens is 310 g/mol. The van der Waals surface area contributed by atoms with Gasteiger partial charge in [-0.2, -0.15) is 0 Å². The van der Waals surface area contributed by atoms with Gasteiger partial charge in [-0.3, -0.25) is 9.59 Å². The largest absolute Gasteiger partial charge is 0.484 e. The highest BCUT2D eigenvalue weighted by Gasteiger charge is 2.43. The summed E-state index contributed by atoms with van der Waals surface area (Å²) < 4.78 is 5.25. The molecule has 7 heteroatoms. The van der Waals surface area contributed by atoms with E-state index < -0.39 is 11.5 Å². The van der Waals surface area contributed by atoms with Crippen LogP contribution < -0.4 is 15.8 Å². The normalized spacial score (nSPS) is 26.5. The molecule has 2 amide bonds. The predicted molar refractivity (Wildman–Crippen MR) is 87.6 cm³/mol. The minimum absolute atomic E-state index is 0.0539. The molecule has 0 spiro atoms. The van der Waals surface area contributed by atoms with Gasteiger partial charge >= 0.3 is 0 Å². The van der Waals surface area contributed by atoms with Crippen LogP contribution in [0.2, 0.25) is 0 Å². The summed E-state index contributed by atoms with van der Waals surface area (Å²) in [6, 6.07) is 6.73. The van der Waals surface area contributed by atoms with E-state index in [2.05, 4.69) is 5.32 Å². The topological polar surface area (TPSA) is 105 Å². The molecule has 2 aliphatic heterocycles. The number of benzene rings is 1. The Hall–Kier alpha value is -2.12. The van der Waals surface area contributed by atoms with Crippen LogP contribution in [0.25, 0.3) is 0 Å². The van der Waals surface area contributed by atoms with Crippen LogP contribution in [0.1, 0.15) is 23.2 Å². The summed E-state index contributed by atoms with van der Waals surface area (Å²) in [6.07, 6.45) is 1.33. The third kappa shape index (κ3) is 3.52. The van der Waals surface area contributed by atoms with Crippen molar-refractivity contribution in [1.29, 1.82) is 0 Å². The first kappa shape index (κ1) is 16.7. The van der Waals surface area contributed by atoms with Crippen LogP contribution in [0, 0.1) is 5.92 Å². The zero-order chi connectivity index (χ0) is 17.2. The van der Waals surface area contributed by atoms with Crippen molar-refractivity contribution in [3.63, 3.8) is 0 Å². The third-order valence-corrected chi connectivity index (χ3v) is 4.89. The lowest BCUT2D eigenvalue weighted by Gasteiger charge is -2.47. The Morgan fingerprint density at radius 3 is 3.04 bits per heavy atom. The standard InChI is InChI=1S/C17H23N3O4/c18-15(21)11-24-14-3-1-2-12(8-14)16(22)20-7-5-17(23)4-6-19-9-13(17)10-20/h1-3,8,13,19,23H,4-7,9-11H2,(H2,18,21)/t13-,17-/m0/s1. The van der Waals surface area contributed by atoms with Crippen molar-refractivity contribution in [2.45, 2.75) is 18.4 Å². The van der Waals surface area contributed by atoms with Gasteiger partial charge in [-0.1, -0.05) is 6.07 Å². The summed E-state index contributed by atoms with van der Waals surface area (Å²) in [4.78, 5) is 25.3. The van der Waals surface area contributed by atoms with Gasteiger partial charge in [0.15, 0.2) is 6.61 Å². The third-order valence-electron chi connectivity index (χ3n) is 4.89. The summed E-state index contributed by atoms with van der Waals surface area (Å²) in [5, 5.41) is 14.0. The van der Waals surface area contributed by atoms with E-state index in [-0.39, 0.29) is 18.4 Å². The van der Waals surface area contributed by atoms with Crippen LogP contribution in [-0.4, -0.2) is 60.2 Å². The van der Waals surface area contributed by atoms with Crippen molar-refractivity contribution in [1.82, 2.24) is 10.2 Å². The molecule has 2 fully saturated rings. The van der Waals surface area contributed by atoms with Crippen LogP contribution in [0.5, 0.6) is 5.75 Å². The maximum Gasteiger partial charge on any atom is 0.255 e. The van der Waals surface area contributed by atoms with Gasteiger partial charge in [-0.25, -0.2) is 0 Å². The average Bonchev–Trinajstić information content (AvgIpc) is 2.59. The van der Waals surface area contributed by atoms with Gasteiger partial charge in [0.1, 0.15) is 5.75 Å². The molecule has 2 atom stereocenters. The Bertz CT molecular complexity index is 636. The van der Waals surface area contributed by atoms with E-state index in [1.165, 1.54) is 0 Å². The second-order valence-electron chi connectivity index (χ2n) is 6.54. The Morgan fingerprint density at radius 2 is 2.25 bits per heavy atom. The molecule has 0 bridgehead atoms. The molecule has 2 saturated heterocycles. The molecule has 0 radical (unpaired) electrons. The van der Waals surface area contributed by atoms with Crippen molar-refractivity contribution >= 4 is 11.8 Å². The fraction of sp³-hybridized carbons (Fsp3) is 0.529. The molecule has 0 saturated carbocycles. The van der Waals surface area contributed by atoms with E-state index in [1.807, 2.05) is 0 Å².